The van der Waals surface area contributed by atoms with Crippen LogP contribution in [0.15, 0.2) is 48.8 Å². The van der Waals surface area contributed by atoms with Crippen molar-refractivity contribution in [2.75, 3.05) is 0 Å². The maximum absolute atomic E-state index is 5.75. The molecule has 1 aromatic carbocycles. The van der Waals surface area contributed by atoms with Gasteiger partial charge in [0.05, 0.1) is 0 Å². The second kappa shape index (κ2) is 8.36. The van der Waals surface area contributed by atoms with Gasteiger partial charge in [0.1, 0.15) is 12.4 Å². The number of hydrogen-bond donors (Lipinski definition) is 0. The molecule has 2 nitrogen and oxygen atoms in total. The monoisotopic (exact) mass is 268 g/mol. The van der Waals surface area contributed by atoms with E-state index in [2.05, 4.69) is 36.2 Å². The zero-order valence-electron chi connectivity index (χ0n) is 11.9. The largest absolute Gasteiger partial charge is 0.489 e. The van der Waals surface area contributed by atoms with Crippen LogP contribution in [0, 0.1) is 6.92 Å². The highest BCUT2D eigenvalue weighted by molar-refractivity contribution is 5.27. The van der Waals surface area contributed by atoms with Gasteiger partial charge in [-0.05, 0) is 48.2 Å². The van der Waals surface area contributed by atoms with E-state index in [9.17, 15) is 0 Å². The van der Waals surface area contributed by atoms with Crippen molar-refractivity contribution >= 4 is 0 Å². The van der Waals surface area contributed by atoms with Gasteiger partial charge in [-0.3, -0.25) is 4.98 Å². The second-order valence-electron chi connectivity index (χ2n) is 4.95. The van der Waals surface area contributed by atoms with Crippen molar-refractivity contribution in [2.45, 2.75) is 38.7 Å². The summed E-state index contributed by atoms with van der Waals surface area (Å²) < 4.78 is 5.75. The number of aromatic nitrogens is 1. The molecule has 1 radical (unpaired) electrons. The summed E-state index contributed by atoms with van der Waals surface area (Å²) in [6.45, 7) is 4.46. The van der Waals surface area contributed by atoms with Gasteiger partial charge in [-0.1, -0.05) is 38.3 Å². The molecule has 1 heterocycles. The Morgan fingerprint density at radius 1 is 0.850 bits per heavy atom. The molecule has 0 aliphatic carbocycles. The average molecular weight is 268 g/mol. The van der Waals surface area contributed by atoms with E-state index in [1.54, 1.807) is 12.4 Å². The molecule has 0 unspecified atom stereocenters. The first kappa shape index (κ1) is 14.6. The van der Waals surface area contributed by atoms with Gasteiger partial charge in [-0.15, -0.1) is 0 Å². The van der Waals surface area contributed by atoms with Crippen LogP contribution in [0.25, 0.3) is 0 Å². The van der Waals surface area contributed by atoms with E-state index in [0.717, 1.165) is 24.2 Å². The fraction of sp³-hybridized carbons (Fsp3) is 0.333. The van der Waals surface area contributed by atoms with Gasteiger partial charge in [-0.2, -0.15) is 0 Å². The van der Waals surface area contributed by atoms with Gasteiger partial charge in [0.2, 0.25) is 0 Å². The Kier molecular flexibility index (Phi) is 6.09. The third-order valence-corrected chi connectivity index (χ3v) is 3.29. The summed E-state index contributed by atoms with van der Waals surface area (Å²) in [5.74, 6) is 0.920. The number of nitrogens with zero attached hydrogens (tertiary/aromatic N) is 1. The Balaban J connectivity index is 1.76. The first-order valence-corrected chi connectivity index (χ1v) is 7.28. The summed E-state index contributed by atoms with van der Waals surface area (Å²) in [6, 6.07) is 12.4. The Morgan fingerprint density at radius 2 is 1.60 bits per heavy atom. The lowest BCUT2D eigenvalue weighted by molar-refractivity contribution is 0.306. The number of benzene rings is 1. The molecule has 2 heteroatoms. The average Bonchev–Trinajstić information content (AvgIpc) is 2.52. The molecule has 1 aromatic heterocycles. The van der Waals surface area contributed by atoms with Crippen LogP contribution in [-0.2, 0) is 13.0 Å². The lowest BCUT2D eigenvalue weighted by Gasteiger charge is -2.07. The standard InChI is InChI=1S/C18H22NO/c1-2-3-4-5-6-16-7-9-18(10-8-16)20-15-17-11-13-19-14-12-17/h7-14H,1-6,15H2. The minimum Gasteiger partial charge on any atom is -0.489 e. The Hall–Kier alpha value is -1.83. The van der Waals surface area contributed by atoms with Gasteiger partial charge in [0, 0.05) is 12.4 Å². The van der Waals surface area contributed by atoms with E-state index in [-0.39, 0.29) is 0 Å². The van der Waals surface area contributed by atoms with E-state index in [4.69, 9.17) is 4.74 Å². The molecule has 0 bridgehead atoms. The van der Waals surface area contributed by atoms with Crippen LogP contribution >= 0.6 is 0 Å². The van der Waals surface area contributed by atoms with Crippen LogP contribution in [0.2, 0.25) is 0 Å². The normalized spacial score (nSPS) is 10.4. The molecular weight excluding hydrogens is 246 g/mol. The third kappa shape index (κ3) is 5.04. The topological polar surface area (TPSA) is 22.1 Å². The summed E-state index contributed by atoms with van der Waals surface area (Å²) in [5, 5.41) is 0. The predicted octanol–water partition coefficient (Wildman–Crippen LogP) is 4.60. The molecule has 0 N–H and O–H groups in total. The summed E-state index contributed by atoms with van der Waals surface area (Å²) in [6.07, 6.45) is 9.50. The molecule has 0 spiro atoms. The van der Waals surface area contributed by atoms with Gasteiger partial charge in [0.15, 0.2) is 0 Å². The highest BCUT2D eigenvalue weighted by atomic mass is 16.5. The van der Waals surface area contributed by atoms with Gasteiger partial charge < -0.3 is 4.74 Å². The maximum atomic E-state index is 5.75. The van der Waals surface area contributed by atoms with Crippen LogP contribution in [0.5, 0.6) is 5.75 Å². The van der Waals surface area contributed by atoms with Crippen LogP contribution < -0.4 is 4.74 Å². The summed E-state index contributed by atoms with van der Waals surface area (Å²) in [7, 11) is 0. The smallest absolute Gasteiger partial charge is 0.119 e. The molecular formula is C18H22NO. The number of rotatable bonds is 8. The predicted molar refractivity (Wildman–Crippen MR) is 82.5 cm³/mol. The van der Waals surface area contributed by atoms with Crippen LogP contribution in [0.1, 0.15) is 36.8 Å². The number of hydrogen-bond acceptors (Lipinski definition) is 2. The van der Waals surface area contributed by atoms with Gasteiger partial charge >= 0.3 is 0 Å². The lowest BCUT2D eigenvalue weighted by atomic mass is 10.1. The van der Waals surface area contributed by atoms with Crippen molar-refractivity contribution < 1.29 is 4.74 Å². The van der Waals surface area contributed by atoms with E-state index in [0.29, 0.717) is 6.61 Å². The fourth-order valence-corrected chi connectivity index (χ4v) is 2.08. The highest BCUT2D eigenvalue weighted by Gasteiger charge is 1.97. The molecule has 2 rings (SSSR count). The first-order valence-electron chi connectivity index (χ1n) is 7.28. The van der Waals surface area contributed by atoms with Crippen molar-refractivity contribution in [3.8, 4) is 5.75 Å². The number of unbranched alkanes of at least 4 members (excludes halogenated alkanes) is 3. The van der Waals surface area contributed by atoms with E-state index >= 15 is 0 Å². The maximum Gasteiger partial charge on any atom is 0.119 e. The number of aryl methyl sites for hydroxylation is 1. The van der Waals surface area contributed by atoms with E-state index < -0.39 is 0 Å². The van der Waals surface area contributed by atoms with Crippen LogP contribution in [0.4, 0.5) is 0 Å². The van der Waals surface area contributed by atoms with Crippen molar-refractivity contribution in [3.63, 3.8) is 0 Å². The molecule has 0 aliphatic rings. The van der Waals surface area contributed by atoms with Crippen LogP contribution in [-0.4, -0.2) is 4.98 Å². The molecule has 0 amide bonds. The summed E-state index contributed by atoms with van der Waals surface area (Å²) >= 11 is 0. The van der Waals surface area contributed by atoms with Crippen molar-refractivity contribution in [3.05, 3.63) is 66.8 Å². The summed E-state index contributed by atoms with van der Waals surface area (Å²) in [4.78, 5) is 3.99. The zero-order chi connectivity index (χ0) is 14.0. The molecule has 0 aliphatic heterocycles. The van der Waals surface area contributed by atoms with E-state index in [1.165, 1.54) is 24.8 Å². The van der Waals surface area contributed by atoms with E-state index in [1.807, 2.05) is 12.1 Å². The van der Waals surface area contributed by atoms with Crippen LogP contribution in [0.3, 0.4) is 0 Å². The minimum absolute atomic E-state index is 0.589. The Labute approximate surface area is 121 Å². The number of ether oxygens (including phenoxy) is 1. The zero-order valence-corrected chi connectivity index (χ0v) is 11.9. The van der Waals surface area contributed by atoms with Gasteiger partial charge in [-0.25, -0.2) is 0 Å². The van der Waals surface area contributed by atoms with Crippen molar-refractivity contribution in [2.24, 2.45) is 0 Å². The second-order valence-corrected chi connectivity index (χ2v) is 4.95. The highest BCUT2D eigenvalue weighted by Crippen LogP contribution is 2.16. The summed E-state index contributed by atoms with van der Waals surface area (Å²) in [5.41, 5.74) is 2.52. The molecule has 105 valence electrons. The molecule has 0 saturated heterocycles. The van der Waals surface area contributed by atoms with Gasteiger partial charge in [0.25, 0.3) is 0 Å². The third-order valence-electron chi connectivity index (χ3n) is 3.29. The molecule has 0 atom stereocenters. The quantitative estimate of drug-likeness (QED) is 0.653. The Morgan fingerprint density at radius 3 is 2.30 bits per heavy atom. The lowest BCUT2D eigenvalue weighted by Crippen LogP contribution is -1.95. The van der Waals surface area contributed by atoms with Crippen molar-refractivity contribution in [1.82, 2.24) is 4.98 Å². The fourth-order valence-electron chi connectivity index (χ4n) is 2.08. The molecule has 0 fully saturated rings. The molecule has 2 aromatic rings. The Bertz CT molecular complexity index is 479. The SMILES string of the molecule is [CH2]CCCCCc1ccc(OCc2ccncc2)cc1. The minimum atomic E-state index is 0.589. The molecule has 0 saturated carbocycles. The molecule has 20 heavy (non-hydrogen) atoms. The van der Waals surface area contributed by atoms with Crippen molar-refractivity contribution in [1.29, 1.82) is 0 Å². The number of pyridine rings is 1. The first-order chi connectivity index (χ1) is 9.88.